The van der Waals surface area contributed by atoms with Gasteiger partial charge in [0.15, 0.2) is 5.78 Å². The number of nitrogens with zero attached hydrogens (tertiary/aromatic N) is 1. The first kappa shape index (κ1) is 22.3. The Morgan fingerprint density at radius 3 is 2.26 bits per heavy atom. The molecule has 0 radical (unpaired) electrons. The minimum absolute atomic E-state index is 0.0945. The van der Waals surface area contributed by atoms with E-state index in [4.69, 9.17) is 10.5 Å². The summed E-state index contributed by atoms with van der Waals surface area (Å²) in [7, 11) is 3.99. The SMILES string of the molecule is Cc1cc(C)cc(-c2ccc(OCCN(C)C)c(C(=O)/C=C/c3ccc(N)cc3)c2)c1. The molecule has 0 unspecified atom stereocenters. The van der Waals surface area contributed by atoms with Gasteiger partial charge < -0.3 is 15.4 Å². The lowest BCUT2D eigenvalue weighted by atomic mass is 9.97. The van der Waals surface area contributed by atoms with Crippen molar-refractivity contribution in [1.29, 1.82) is 0 Å². The van der Waals surface area contributed by atoms with Gasteiger partial charge in [-0.05, 0) is 75.0 Å². The van der Waals surface area contributed by atoms with Gasteiger partial charge in [0.25, 0.3) is 0 Å². The highest BCUT2D eigenvalue weighted by atomic mass is 16.5. The fourth-order valence-corrected chi connectivity index (χ4v) is 3.38. The van der Waals surface area contributed by atoms with E-state index < -0.39 is 0 Å². The molecule has 0 spiro atoms. The first-order valence-corrected chi connectivity index (χ1v) is 10.4. The van der Waals surface area contributed by atoms with Crippen molar-refractivity contribution in [3.63, 3.8) is 0 Å². The van der Waals surface area contributed by atoms with Crippen LogP contribution in [0.1, 0.15) is 27.0 Å². The highest BCUT2D eigenvalue weighted by molar-refractivity contribution is 6.09. The van der Waals surface area contributed by atoms with Crippen LogP contribution in [0.25, 0.3) is 17.2 Å². The summed E-state index contributed by atoms with van der Waals surface area (Å²) in [6.07, 6.45) is 3.39. The number of ether oxygens (including phenoxy) is 1. The third-order valence-electron chi connectivity index (χ3n) is 4.96. The number of carbonyl (C=O) groups excluding carboxylic acids is 1. The van der Waals surface area contributed by atoms with E-state index in [0.717, 1.165) is 23.2 Å². The van der Waals surface area contributed by atoms with E-state index in [1.54, 1.807) is 12.2 Å². The summed E-state index contributed by atoms with van der Waals surface area (Å²) < 4.78 is 5.96. The predicted molar refractivity (Wildman–Crippen MR) is 130 cm³/mol. The zero-order valence-electron chi connectivity index (χ0n) is 18.7. The van der Waals surface area contributed by atoms with Crippen molar-refractivity contribution in [2.45, 2.75) is 13.8 Å². The molecular weight excluding hydrogens is 384 g/mol. The summed E-state index contributed by atoms with van der Waals surface area (Å²) in [5, 5.41) is 0. The molecule has 0 fully saturated rings. The lowest BCUT2D eigenvalue weighted by Crippen LogP contribution is -2.20. The topological polar surface area (TPSA) is 55.6 Å². The number of rotatable bonds is 8. The van der Waals surface area contributed by atoms with Gasteiger partial charge in [0, 0.05) is 12.2 Å². The molecule has 0 bridgehead atoms. The highest BCUT2D eigenvalue weighted by Crippen LogP contribution is 2.29. The number of nitrogen functional groups attached to an aromatic ring is 1. The molecule has 0 aliphatic rings. The first-order chi connectivity index (χ1) is 14.8. The fourth-order valence-electron chi connectivity index (χ4n) is 3.38. The predicted octanol–water partition coefficient (Wildman–Crippen LogP) is 5.39. The van der Waals surface area contributed by atoms with Gasteiger partial charge in [-0.15, -0.1) is 0 Å². The number of anilines is 1. The van der Waals surface area contributed by atoms with E-state index >= 15 is 0 Å². The molecule has 0 amide bonds. The number of likely N-dealkylation sites (N-methyl/N-ethyl adjacent to an activating group) is 1. The van der Waals surface area contributed by atoms with Crippen LogP contribution in [0.5, 0.6) is 5.75 Å². The zero-order valence-corrected chi connectivity index (χ0v) is 18.7. The molecule has 0 saturated heterocycles. The van der Waals surface area contributed by atoms with E-state index in [1.165, 1.54) is 11.1 Å². The van der Waals surface area contributed by atoms with E-state index in [2.05, 4.69) is 32.0 Å². The normalized spacial score (nSPS) is 11.3. The Hall–Kier alpha value is -3.37. The number of nitrogens with two attached hydrogens (primary N) is 1. The maximum atomic E-state index is 13.1. The van der Waals surface area contributed by atoms with Crippen LogP contribution < -0.4 is 10.5 Å². The molecule has 4 nitrogen and oxygen atoms in total. The average Bonchev–Trinajstić information content (AvgIpc) is 2.72. The van der Waals surface area contributed by atoms with Gasteiger partial charge >= 0.3 is 0 Å². The minimum atomic E-state index is -0.0945. The lowest BCUT2D eigenvalue weighted by Gasteiger charge is -2.14. The summed E-state index contributed by atoms with van der Waals surface area (Å²) in [6, 6.07) is 19.7. The van der Waals surface area contributed by atoms with E-state index in [9.17, 15) is 4.79 Å². The summed E-state index contributed by atoms with van der Waals surface area (Å²) in [4.78, 5) is 15.2. The zero-order chi connectivity index (χ0) is 22.4. The smallest absolute Gasteiger partial charge is 0.189 e. The average molecular weight is 415 g/mol. The summed E-state index contributed by atoms with van der Waals surface area (Å²) in [6.45, 7) is 5.44. The van der Waals surface area contributed by atoms with Crippen molar-refractivity contribution in [2.24, 2.45) is 0 Å². The quantitative estimate of drug-likeness (QED) is 0.305. The van der Waals surface area contributed by atoms with E-state index in [-0.39, 0.29) is 5.78 Å². The maximum Gasteiger partial charge on any atom is 0.189 e. The van der Waals surface area contributed by atoms with Crippen molar-refractivity contribution >= 4 is 17.5 Å². The van der Waals surface area contributed by atoms with Gasteiger partial charge in [-0.2, -0.15) is 0 Å². The maximum absolute atomic E-state index is 13.1. The number of ketones is 1. The van der Waals surface area contributed by atoms with Crippen LogP contribution in [0.4, 0.5) is 5.69 Å². The molecule has 0 aliphatic heterocycles. The van der Waals surface area contributed by atoms with E-state index in [0.29, 0.717) is 23.6 Å². The molecular formula is C27H30N2O2. The first-order valence-electron chi connectivity index (χ1n) is 10.4. The van der Waals surface area contributed by atoms with Crippen molar-refractivity contribution < 1.29 is 9.53 Å². The standard InChI is InChI=1S/C27H30N2O2/c1-19-15-20(2)17-23(16-19)22-8-12-27(31-14-13-29(3)4)25(18-22)26(30)11-7-21-5-9-24(28)10-6-21/h5-12,15-18H,13-14,28H2,1-4H3/b11-7+. The molecule has 4 heteroatoms. The van der Waals surface area contributed by atoms with Crippen LogP contribution in [0.15, 0.2) is 66.7 Å². The molecule has 2 N–H and O–H groups in total. The van der Waals surface area contributed by atoms with Gasteiger partial charge in [0.1, 0.15) is 12.4 Å². The van der Waals surface area contributed by atoms with Gasteiger partial charge in [-0.1, -0.05) is 53.6 Å². The second-order valence-corrected chi connectivity index (χ2v) is 8.10. The highest BCUT2D eigenvalue weighted by Gasteiger charge is 2.13. The molecule has 31 heavy (non-hydrogen) atoms. The summed E-state index contributed by atoms with van der Waals surface area (Å²) in [5.74, 6) is 0.504. The molecule has 0 heterocycles. The summed E-state index contributed by atoms with van der Waals surface area (Å²) >= 11 is 0. The number of aryl methyl sites for hydroxylation is 2. The Balaban J connectivity index is 1.94. The molecule has 3 aromatic rings. The van der Waals surface area contributed by atoms with Crippen LogP contribution >= 0.6 is 0 Å². The molecule has 0 saturated carbocycles. The van der Waals surface area contributed by atoms with Crippen molar-refractivity contribution in [3.05, 3.63) is 89.0 Å². The number of carbonyl (C=O) groups is 1. The number of benzene rings is 3. The third kappa shape index (κ3) is 6.30. The van der Waals surface area contributed by atoms with Crippen LogP contribution in [-0.4, -0.2) is 37.9 Å². The lowest BCUT2D eigenvalue weighted by molar-refractivity contribution is 0.104. The van der Waals surface area contributed by atoms with Crippen LogP contribution in [0, 0.1) is 13.8 Å². The number of hydrogen-bond donors (Lipinski definition) is 1. The second kappa shape index (κ2) is 10.1. The Labute approximate surface area is 185 Å². The molecule has 0 aliphatic carbocycles. The molecule has 0 atom stereocenters. The third-order valence-corrected chi connectivity index (χ3v) is 4.96. The van der Waals surface area contributed by atoms with Crippen LogP contribution in [-0.2, 0) is 0 Å². The number of hydrogen-bond acceptors (Lipinski definition) is 4. The number of allylic oxidation sites excluding steroid dienone is 1. The van der Waals surface area contributed by atoms with Gasteiger partial charge in [-0.25, -0.2) is 0 Å². The van der Waals surface area contributed by atoms with Gasteiger partial charge in [-0.3, -0.25) is 4.79 Å². The summed E-state index contributed by atoms with van der Waals surface area (Å²) in [5.41, 5.74) is 12.4. The largest absolute Gasteiger partial charge is 0.491 e. The molecule has 3 rings (SSSR count). The molecule has 0 aromatic heterocycles. The Morgan fingerprint density at radius 1 is 0.935 bits per heavy atom. The molecule has 3 aromatic carbocycles. The Morgan fingerprint density at radius 2 is 1.61 bits per heavy atom. The van der Waals surface area contributed by atoms with Crippen LogP contribution in [0.3, 0.4) is 0 Å². The monoisotopic (exact) mass is 414 g/mol. The van der Waals surface area contributed by atoms with Gasteiger partial charge in [0.2, 0.25) is 0 Å². The van der Waals surface area contributed by atoms with Crippen molar-refractivity contribution in [2.75, 3.05) is 33.0 Å². The van der Waals surface area contributed by atoms with Crippen molar-refractivity contribution in [1.82, 2.24) is 4.90 Å². The molecule has 160 valence electrons. The van der Waals surface area contributed by atoms with Crippen molar-refractivity contribution in [3.8, 4) is 16.9 Å². The van der Waals surface area contributed by atoms with Crippen LogP contribution in [0.2, 0.25) is 0 Å². The Bertz CT molecular complexity index is 1060. The van der Waals surface area contributed by atoms with E-state index in [1.807, 2.05) is 61.5 Å². The van der Waals surface area contributed by atoms with Gasteiger partial charge in [0.05, 0.1) is 5.56 Å². The second-order valence-electron chi connectivity index (χ2n) is 8.10. The fraction of sp³-hybridized carbons (Fsp3) is 0.222. The Kier molecular flexibility index (Phi) is 7.27. The minimum Gasteiger partial charge on any atom is -0.491 e.